The Morgan fingerprint density at radius 1 is 1.25 bits per heavy atom. The summed E-state index contributed by atoms with van der Waals surface area (Å²) in [7, 11) is 0. The molecule has 0 amide bonds. The predicted octanol–water partition coefficient (Wildman–Crippen LogP) is 1.64. The second-order valence-electron chi connectivity index (χ2n) is 5.65. The van der Waals surface area contributed by atoms with Crippen molar-refractivity contribution in [3.63, 3.8) is 0 Å². The second kappa shape index (κ2) is 7.50. The van der Waals surface area contributed by atoms with E-state index in [1.54, 1.807) is 0 Å². The Bertz CT molecular complexity index is 345. The van der Waals surface area contributed by atoms with Crippen LogP contribution >= 0.6 is 0 Å². The molecule has 5 nitrogen and oxygen atoms in total. The number of rotatable bonds is 5. The van der Waals surface area contributed by atoms with E-state index in [-0.39, 0.29) is 11.9 Å². The van der Waals surface area contributed by atoms with Crippen LogP contribution in [0, 0.1) is 11.8 Å². The Kier molecular flexibility index (Phi) is 5.68. The molecule has 2 fully saturated rings. The molecule has 0 aromatic rings. The van der Waals surface area contributed by atoms with Gasteiger partial charge in [0.05, 0.1) is 12.5 Å². The summed E-state index contributed by atoms with van der Waals surface area (Å²) < 4.78 is 5.11. The van der Waals surface area contributed by atoms with Crippen LogP contribution in [0.2, 0.25) is 0 Å². The van der Waals surface area contributed by atoms with E-state index < -0.39 is 0 Å². The highest BCUT2D eigenvalue weighted by Crippen LogP contribution is 2.29. The predicted molar refractivity (Wildman–Crippen MR) is 79.6 cm³/mol. The van der Waals surface area contributed by atoms with Gasteiger partial charge in [-0.25, -0.2) is 0 Å². The van der Waals surface area contributed by atoms with Crippen molar-refractivity contribution in [1.29, 1.82) is 0 Å². The van der Waals surface area contributed by atoms with Gasteiger partial charge in [-0.3, -0.25) is 9.79 Å². The number of nitrogens with zero attached hydrogens (tertiary/aromatic N) is 2. The van der Waals surface area contributed by atoms with E-state index in [9.17, 15) is 4.79 Å². The summed E-state index contributed by atoms with van der Waals surface area (Å²) in [6, 6.07) is 0. The molecule has 1 saturated carbocycles. The quantitative estimate of drug-likeness (QED) is 0.473. The third-order valence-electron chi connectivity index (χ3n) is 3.95. The van der Waals surface area contributed by atoms with Gasteiger partial charge in [-0.2, -0.15) is 0 Å². The molecule has 1 aliphatic heterocycles. The van der Waals surface area contributed by atoms with Gasteiger partial charge in [0.15, 0.2) is 5.96 Å². The van der Waals surface area contributed by atoms with Gasteiger partial charge < -0.3 is 15.0 Å². The molecular weight excluding hydrogens is 254 g/mol. The molecule has 2 rings (SSSR count). The number of ether oxygens (including phenoxy) is 1. The highest BCUT2D eigenvalue weighted by atomic mass is 16.5. The van der Waals surface area contributed by atoms with E-state index in [1.165, 1.54) is 12.8 Å². The van der Waals surface area contributed by atoms with Gasteiger partial charge in [-0.1, -0.05) is 0 Å². The number of hydrogen-bond donors (Lipinski definition) is 1. The number of aliphatic imine (C=N–C) groups is 1. The van der Waals surface area contributed by atoms with Gasteiger partial charge in [-0.05, 0) is 45.4 Å². The van der Waals surface area contributed by atoms with E-state index in [1.807, 2.05) is 6.92 Å². The maximum atomic E-state index is 11.7. The Morgan fingerprint density at radius 2 is 1.95 bits per heavy atom. The molecule has 1 N–H and O–H groups in total. The van der Waals surface area contributed by atoms with Crippen molar-refractivity contribution in [2.45, 2.75) is 39.5 Å². The largest absolute Gasteiger partial charge is 0.466 e. The van der Waals surface area contributed by atoms with Crippen molar-refractivity contribution < 1.29 is 9.53 Å². The molecule has 0 unspecified atom stereocenters. The molecule has 5 heteroatoms. The van der Waals surface area contributed by atoms with E-state index in [2.05, 4.69) is 17.1 Å². The topological polar surface area (TPSA) is 53.9 Å². The maximum Gasteiger partial charge on any atom is 0.309 e. The van der Waals surface area contributed by atoms with E-state index in [0.29, 0.717) is 6.61 Å². The molecule has 1 heterocycles. The van der Waals surface area contributed by atoms with Crippen LogP contribution < -0.4 is 5.32 Å². The summed E-state index contributed by atoms with van der Waals surface area (Å²) in [4.78, 5) is 18.7. The van der Waals surface area contributed by atoms with Crippen molar-refractivity contribution >= 4 is 11.9 Å². The summed E-state index contributed by atoms with van der Waals surface area (Å²) in [6.45, 7) is 8.05. The van der Waals surface area contributed by atoms with Crippen LogP contribution in [-0.2, 0) is 9.53 Å². The second-order valence-corrected chi connectivity index (χ2v) is 5.65. The molecule has 1 saturated heterocycles. The minimum Gasteiger partial charge on any atom is -0.466 e. The normalized spacial score (nSPS) is 20.9. The summed E-state index contributed by atoms with van der Waals surface area (Å²) in [6.07, 6.45) is 4.39. The lowest BCUT2D eigenvalue weighted by Gasteiger charge is -2.33. The van der Waals surface area contributed by atoms with Crippen LogP contribution in [-0.4, -0.2) is 49.6 Å². The zero-order valence-electron chi connectivity index (χ0n) is 12.7. The van der Waals surface area contributed by atoms with Crippen molar-refractivity contribution in [3.05, 3.63) is 0 Å². The average Bonchev–Trinajstić information content (AvgIpc) is 3.28. The minimum absolute atomic E-state index is 0.0351. The number of piperidine rings is 1. The molecule has 114 valence electrons. The number of nitrogens with one attached hydrogen (secondary N) is 1. The number of likely N-dealkylation sites (tertiary alicyclic amines) is 1. The first kappa shape index (κ1) is 15.1. The monoisotopic (exact) mass is 281 g/mol. The maximum absolute atomic E-state index is 11.7. The smallest absolute Gasteiger partial charge is 0.309 e. The fourth-order valence-electron chi connectivity index (χ4n) is 2.53. The van der Waals surface area contributed by atoms with E-state index >= 15 is 0 Å². The Balaban J connectivity index is 1.82. The first-order chi connectivity index (χ1) is 9.74. The number of hydrogen-bond acceptors (Lipinski definition) is 3. The summed E-state index contributed by atoms with van der Waals surface area (Å²) in [5.74, 6) is 1.85. The van der Waals surface area contributed by atoms with Crippen LogP contribution in [0.3, 0.4) is 0 Å². The molecule has 0 aromatic heterocycles. The molecular formula is C15H27N3O2. The van der Waals surface area contributed by atoms with E-state index in [4.69, 9.17) is 9.73 Å². The number of carbonyl (C=O) groups excluding carboxylic acids is 1. The lowest BCUT2D eigenvalue weighted by atomic mass is 9.97. The summed E-state index contributed by atoms with van der Waals surface area (Å²) in [5, 5.41) is 3.36. The van der Waals surface area contributed by atoms with Crippen molar-refractivity contribution in [1.82, 2.24) is 10.2 Å². The number of carbonyl (C=O) groups is 1. The highest BCUT2D eigenvalue weighted by molar-refractivity contribution is 5.80. The Hall–Kier alpha value is -1.26. The van der Waals surface area contributed by atoms with Crippen molar-refractivity contribution in [2.24, 2.45) is 16.8 Å². The van der Waals surface area contributed by atoms with Crippen molar-refractivity contribution in [3.8, 4) is 0 Å². The summed E-state index contributed by atoms with van der Waals surface area (Å²) >= 11 is 0. The Labute approximate surface area is 121 Å². The van der Waals surface area contributed by atoms with Crippen LogP contribution in [0.4, 0.5) is 0 Å². The molecule has 0 bridgehead atoms. The van der Waals surface area contributed by atoms with Crippen LogP contribution in [0.15, 0.2) is 4.99 Å². The van der Waals surface area contributed by atoms with Gasteiger partial charge in [0.25, 0.3) is 0 Å². The van der Waals surface area contributed by atoms with Crippen LogP contribution in [0.5, 0.6) is 0 Å². The lowest BCUT2D eigenvalue weighted by molar-refractivity contribution is -0.149. The molecule has 0 spiro atoms. The zero-order valence-corrected chi connectivity index (χ0v) is 12.7. The Morgan fingerprint density at radius 3 is 2.50 bits per heavy atom. The minimum atomic E-state index is -0.0351. The van der Waals surface area contributed by atoms with E-state index in [0.717, 1.165) is 50.9 Å². The number of esters is 1. The average molecular weight is 281 g/mol. The molecule has 0 radical (unpaired) electrons. The molecule has 1 aliphatic carbocycles. The van der Waals surface area contributed by atoms with Gasteiger partial charge >= 0.3 is 5.97 Å². The lowest BCUT2D eigenvalue weighted by Crippen LogP contribution is -2.46. The molecule has 20 heavy (non-hydrogen) atoms. The first-order valence-corrected chi connectivity index (χ1v) is 7.94. The zero-order chi connectivity index (χ0) is 14.4. The highest BCUT2D eigenvalue weighted by Gasteiger charge is 2.28. The summed E-state index contributed by atoms with van der Waals surface area (Å²) in [5.41, 5.74) is 0. The van der Waals surface area contributed by atoms with Gasteiger partial charge in [0.1, 0.15) is 0 Å². The molecule has 0 aromatic carbocycles. The van der Waals surface area contributed by atoms with Crippen molar-refractivity contribution in [2.75, 3.05) is 32.8 Å². The fraction of sp³-hybridized carbons (Fsp3) is 0.867. The van der Waals surface area contributed by atoms with Gasteiger partial charge in [-0.15, -0.1) is 0 Å². The molecule has 0 atom stereocenters. The van der Waals surface area contributed by atoms with Gasteiger partial charge in [0, 0.05) is 26.2 Å². The standard InChI is InChI=1S/C15H27N3O2/c1-3-16-15(17-11-12-5-6-12)18-9-7-13(8-10-18)14(19)20-4-2/h12-13H,3-11H2,1-2H3,(H,16,17). The van der Waals surface area contributed by atoms with Crippen LogP contribution in [0.1, 0.15) is 39.5 Å². The first-order valence-electron chi connectivity index (χ1n) is 7.94. The molecule has 2 aliphatic rings. The van der Waals surface area contributed by atoms with Crippen LogP contribution in [0.25, 0.3) is 0 Å². The SMILES string of the molecule is CCNC(=NCC1CC1)N1CCC(C(=O)OCC)CC1. The third-order valence-corrected chi connectivity index (χ3v) is 3.95. The number of guanidine groups is 1. The third kappa shape index (κ3) is 4.39. The van der Waals surface area contributed by atoms with Gasteiger partial charge in [0.2, 0.25) is 0 Å². The fourth-order valence-corrected chi connectivity index (χ4v) is 2.53.